The molecule has 0 heterocycles. The minimum absolute atomic E-state index is 0.0421. The number of benzene rings is 2. The van der Waals surface area contributed by atoms with Gasteiger partial charge in [-0.25, -0.2) is 0 Å². The van der Waals surface area contributed by atoms with E-state index in [1.807, 2.05) is 24.3 Å². The Kier molecular flexibility index (Phi) is 7.49. The lowest BCUT2D eigenvalue weighted by molar-refractivity contribution is -0.121. The molecule has 2 amide bonds. The smallest absolute Gasteiger partial charge is 0.251 e. The Morgan fingerprint density at radius 2 is 1.42 bits per heavy atom. The summed E-state index contributed by atoms with van der Waals surface area (Å²) in [7, 11) is 3.19. The molecule has 0 saturated carbocycles. The zero-order chi connectivity index (χ0) is 18.8. The fourth-order valence-corrected chi connectivity index (χ4v) is 2.33. The number of amides is 2. The zero-order valence-electron chi connectivity index (χ0n) is 15.1. The molecule has 26 heavy (non-hydrogen) atoms. The molecule has 0 aromatic heterocycles. The summed E-state index contributed by atoms with van der Waals surface area (Å²) in [6, 6.07) is 14.4. The second-order valence-electron chi connectivity index (χ2n) is 5.71. The number of ether oxygens (including phenoxy) is 2. The Morgan fingerprint density at radius 1 is 0.846 bits per heavy atom. The fraction of sp³-hybridized carbons (Fsp3) is 0.300. The van der Waals surface area contributed by atoms with E-state index in [4.69, 9.17) is 9.47 Å². The molecule has 0 aliphatic carbocycles. The second kappa shape index (κ2) is 10.1. The standard InChI is InChI=1S/C20H24N2O4/c1-25-17-9-5-15(6-10-17)14-22-19(23)4-3-13-21-20(24)16-7-11-18(26-2)12-8-16/h5-12H,3-4,13-14H2,1-2H3,(H,21,24)(H,22,23). The van der Waals surface area contributed by atoms with Crippen LogP contribution in [-0.4, -0.2) is 32.6 Å². The minimum Gasteiger partial charge on any atom is -0.497 e. The Balaban J connectivity index is 1.63. The van der Waals surface area contributed by atoms with Gasteiger partial charge in [-0.1, -0.05) is 12.1 Å². The molecule has 2 N–H and O–H groups in total. The van der Waals surface area contributed by atoms with Crippen molar-refractivity contribution in [1.82, 2.24) is 10.6 Å². The maximum absolute atomic E-state index is 12.0. The van der Waals surface area contributed by atoms with Crippen molar-refractivity contribution in [2.75, 3.05) is 20.8 Å². The van der Waals surface area contributed by atoms with E-state index in [2.05, 4.69) is 10.6 Å². The Labute approximate surface area is 153 Å². The van der Waals surface area contributed by atoms with E-state index in [-0.39, 0.29) is 11.8 Å². The van der Waals surface area contributed by atoms with Gasteiger partial charge in [0.2, 0.25) is 5.91 Å². The highest BCUT2D eigenvalue weighted by atomic mass is 16.5. The molecule has 0 radical (unpaired) electrons. The molecule has 138 valence electrons. The highest BCUT2D eigenvalue weighted by molar-refractivity contribution is 5.94. The molecule has 0 atom stereocenters. The molecule has 6 nitrogen and oxygen atoms in total. The van der Waals surface area contributed by atoms with Crippen LogP contribution in [0.5, 0.6) is 11.5 Å². The maximum Gasteiger partial charge on any atom is 0.251 e. The molecular formula is C20H24N2O4. The van der Waals surface area contributed by atoms with Crippen LogP contribution < -0.4 is 20.1 Å². The second-order valence-corrected chi connectivity index (χ2v) is 5.71. The number of nitrogens with one attached hydrogen (secondary N) is 2. The van der Waals surface area contributed by atoms with Crippen LogP contribution >= 0.6 is 0 Å². The first-order valence-corrected chi connectivity index (χ1v) is 8.44. The summed E-state index contributed by atoms with van der Waals surface area (Å²) < 4.78 is 10.2. The average Bonchev–Trinajstić information content (AvgIpc) is 2.70. The third-order valence-corrected chi connectivity index (χ3v) is 3.87. The first-order valence-electron chi connectivity index (χ1n) is 8.44. The lowest BCUT2D eigenvalue weighted by Crippen LogP contribution is -2.27. The fourth-order valence-electron chi connectivity index (χ4n) is 2.33. The molecule has 0 saturated heterocycles. The third kappa shape index (κ3) is 6.12. The number of carbonyl (C=O) groups excluding carboxylic acids is 2. The molecule has 6 heteroatoms. The molecule has 0 spiro atoms. The molecule has 0 aliphatic heterocycles. The van der Waals surface area contributed by atoms with E-state index in [9.17, 15) is 9.59 Å². The average molecular weight is 356 g/mol. The summed E-state index contributed by atoms with van der Waals surface area (Å²) in [5.41, 5.74) is 1.57. The van der Waals surface area contributed by atoms with Crippen LogP contribution in [0.4, 0.5) is 0 Å². The van der Waals surface area contributed by atoms with Crippen molar-refractivity contribution in [2.24, 2.45) is 0 Å². The van der Waals surface area contributed by atoms with Gasteiger partial charge in [-0.05, 0) is 48.4 Å². The number of rotatable bonds is 9. The molecule has 2 rings (SSSR count). The topological polar surface area (TPSA) is 76.7 Å². The Bertz CT molecular complexity index is 712. The van der Waals surface area contributed by atoms with Gasteiger partial charge >= 0.3 is 0 Å². The van der Waals surface area contributed by atoms with Crippen molar-refractivity contribution in [2.45, 2.75) is 19.4 Å². The van der Waals surface area contributed by atoms with Gasteiger partial charge < -0.3 is 20.1 Å². The quantitative estimate of drug-likeness (QED) is 0.677. The van der Waals surface area contributed by atoms with Crippen molar-refractivity contribution in [3.63, 3.8) is 0 Å². The normalized spacial score (nSPS) is 10.1. The lowest BCUT2D eigenvalue weighted by Gasteiger charge is -2.08. The summed E-state index contributed by atoms with van der Waals surface area (Å²) in [6.07, 6.45) is 0.940. The highest BCUT2D eigenvalue weighted by Crippen LogP contribution is 2.12. The predicted molar refractivity (Wildman–Crippen MR) is 99.4 cm³/mol. The summed E-state index contributed by atoms with van der Waals surface area (Å²) >= 11 is 0. The van der Waals surface area contributed by atoms with Crippen LogP contribution in [0, 0.1) is 0 Å². The summed E-state index contributed by atoms with van der Waals surface area (Å²) in [5, 5.41) is 5.67. The van der Waals surface area contributed by atoms with Gasteiger partial charge in [0.05, 0.1) is 14.2 Å². The van der Waals surface area contributed by atoms with Crippen molar-refractivity contribution in [3.8, 4) is 11.5 Å². The molecule has 0 fully saturated rings. The Hall–Kier alpha value is -3.02. The lowest BCUT2D eigenvalue weighted by atomic mass is 10.2. The van der Waals surface area contributed by atoms with Crippen LogP contribution in [0.25, 0.3) is 0 Å². The van der Waals surface area contributed by atoms with Crippen molar-refractivity contribution in [3.05, 3.63) is 59.7 Å². The summed E-state index contributed by atoms with van der Waals surface area (Å²) in [6.45, 7) is 0.919. The number of carbonyl (C=O) groups is 2. The minimum atomic E-state index is -0.161. The maximum atomic E-state index is 12.0. The van der Waals surface area contributed by atoms with E-state index >= 15 is 0 Å². The van der Waals surface area contributed by atoms with E-state index in [0.29, 0.717) is 37.2 Å². The van der Waals surface area contributed by atoms with Gasteiger partial charge in [0.15, 0.2) is 0 Å². The van der Waals surface area contributed by atoms with E-state index in [1.54, 1.807) is 38.5 Å². The van der Waals surface area contributed by atoms with Crippen LogP contribution in [0.1, 0.15) is 28.8 Å². The highest BCUT2D eigenvalue weighted by Gasteiger charge is 2.06. The van der Waals surface area contributed by atoms with Crippen LogP contribution in [-0.2, 0) is 11.3 Å². The number of hydrogen-bond donors (Lipinski definition) is 2. The zero-order valence-corrected chi connectivity index (χ0v) is 15.1. The molecule has 0 aliphatic rings. The predicted octanol–water partition coefficient (Wildman–Crippen LogP) is 2.53. The summed E-state index contributed by atoms with van der Waals surface area (Å²) in [5.74, 6) is 1.29. The molecule has 2 aromatic rings. The Morgan fingerprint density at radius 3 is 2.00 bits per heavy atom. The van der Waals surface area contributed by atoms with E-state index in [1.165, 1.54) is 0 Å². The molecule has 0 bridgehead atoms. The van der Waals surface area contributed by atoms with Gasteiger partial charge in [0.25, 0.3) is 5.91 Å². The first kappa shape index (κ1) is 19.3. The molecule has 2 aromatic carbocycles. The van der Waals surface area contributed by atoms with E-state index in [0.717, 1.165) is 11.3 Å². The summed E-state index contributed by atoms with van der Waals surface area (Å²) in [4.78, 5) is 23.9. The SMILES string of the molecule is COc1ccc(CNC(=O)CCCNC(=O)c2ccc(OC)cc2)cc1. The van der Waals surface area contributed by atoms with Gasteiger partial charge in [-0.15, -0.1) is 0 Å². The first-order chi connectivity index (χ1) is 12.6. The van der Waals surface area contributed by atoms with Gasteiger partial charge in [0.1, 0.15) is 11.5 Å². The van der Waals surface area contributed by atoms with Crippen LogP contribution in [0.3, 0.4) is 0 Å². The van der Waals surface area contributed by atoms with Gasteiger partial charge in [0, 0.05) is 25.1 Å². The largest absolute Gasteiger partial charge is 0.497 e. The molecule has 0 unspecified atom stereocenters. The van der Waals surface area contributed by atoms with Gasteiger partial charge in [-0.2, -0.15) is 0 Å². The number of hydrogen-bond acceptors (Lipinski definition) is 4. The van der Waals surface area contributed by atoms with Crippen LogP contribution in [0.15, 0.2) is 48.5 Å². The van der Waals surface area contributed by atoms with Crippen LogP contribution in [0.2, 0.25) is 0 Å². The number of methoxy groups -OCH3 is 2. The van der Waals surface area contributed by atoms with Crippen molar-refractivity contribution < 1.29 is 19.1 Å². The van der Waals surface area contributed by atoms with Crippen molar-refractivity contribution in [1.29, 1.82) is 0 Å². The van der Waals surface area contributed by atoms with Gasteiger partial charge in [-0.3, -0.25) is 9.59 Å². The monoisotopic (exact) mass is 356 g/mol. The molecular weight excluding hydrogens is 332 g/mol. The van der Waals surface area contributed by atoms with Crippen molar-refractivity contribution >= 4 is 11.8 Å². The third-order valence-electron chi connectivity index (χ3n) is 3.87. The van der Waals surface area contributed by atoms with E-state index < -0.39 is 0 Å².